The van der Waals surface area contributed by atoms with Crippen molar-refractivity contribution in [1.82, 2.24) is 0 Å². The van der Waals surface area contributed by atoms with E-state index in [1.165, 1.54) is 13.7 Å². The minimum atomic E-state index is 0.735. The van der Waals surface area contributed by atoms with Gasteiger partial charge in [-0.2, -0.15) is 5.26 Å². The molecule has 0 N–H and O–H groups in total. The zero-order valence-electron chi connectivity index (χ0n) is 6.04. The summed E-state index contributed by atoms with van der Waals surface area (Å²) in [5, 5.41) is 12.0. The highest BCUT2D eigenvalue weighted by Crippen LogP contribution is 2.27. The molecule has 2 rings (SSSR count). The van der Waals surface area contributed by atoms with Crippen molar-refractivity contribution in [2.75, 3.05) is 0 Å². The predicted molar refractivity (Wildman–Crippen MR) is 59.3 cm³/mol. The summed E-state index contributed by atoms with van der Waals surface area (Å²) in [5.74, 6) is 0. The monoisotopic (exact) mass is 285 g/mol. The molecular formula is C9H4INS. The van der Waals surface area contributed by atoms with Crippen LogP contribution in [0.25, 0.3) is 10.1 Å². The van der Waals surface area contributed by atoms with Gasteiger partial charge in [0.1, 0.15) is 0 Å². The summed E-state index contributed by atoms with van der Waals surface area (Å²) < 4.78 is 2.48. The Hall–Kier alpha value is -0.600. The molecule has 0 aliphatic heterocycles. The average Bonchev–Trinajstić information content (AvgIpc) is 2.47. The number of hydrogen-bond acceptors (Lipinski definition) is 2. The van der Waals surface area contributed by atoms with Crippen molar-refractivity contribution in [3.05, 3.63) is 32.7 Å². The zero-order valence-corrected chi connectivity index (χ0v) is 9.02. The molecule has 1 aromatic heterocycles. The van der Waals surface area contributed by atoms with Crippen molar-refractivity contribution in [3.63, 3.8) is 0 Å². The Morgan fingerprint density at radius 2 is 2.25 bits per heavy atom. The minimum absolute atomic E-state index is 0.735. The number of halogens is 1. The first kappa shape index (κ1) is 8.02. The van der Waals surface area contributed by atoms with Gasteiger partial charge in [0, 0.05) is 19.0 Å². The summed E-state index contributed by atoms with van der Waals surface area (Å²) in [4.78, 5) is 0. The SMILES string of the molecule is N#Cc1ccc2scc(I)c2c1. The van der Waals surface area contributed by atoms with Gasteiger partial charge >= 0.3 is 0 Å². The first-order valence-corrected chi connectivity index (χ1v) is 5.34. The van der Waals surface area contributed by atoms with Crippen molar-refractivity contribution in [2.45, 2.75) is 0 Å². The highest BCUT2D eigenvalue weighted by molar-refractivity contribution is 14.1. The summed E-state index contributed by atoms with van der Waals surface area (Å²) in [6, 6.07) is 7.93. The quantitative estimate of drug-likeness (QED) is 0.681. The summed E-state index contributed by atoms with van der Waals surface area (Å²) in [5.41, 5.74) is 0.735. The van der Waals surface area contributed by atoms with E-state index < -0.39 is 0 Å². The van der Waals surface area contributed by atoms with Crippen molar-refractivity contribution in [3.8, 4) is 6.07 Å². The predicted octanol–water partition coefficient (Wildman–Crippen LogP) is 3.38. The molecule has 1 nitrogen and oxygen atoms in total. The van der Waals surface area contributed by atoms with Gasteiger partial charge in [0.25, 0.3) is 0 Å². The van der Waals surface area contributed by atoms with Gasteiger partial charge in [0.2, 0.25) is 0 Å². The van der Waals surface area contributed by atoms with E-state index >= 15 is 0 Å². The van der Waals surface area contributed by atoms with Gasteiger partial charge in [-0.3, -0.25) is 0 Å². The lowest BCUT2D eigenvalue weighted by Gasteiger charge is -1.90. The van der Waals surface area contributed by atoms with Gasteiger partial charge < -0.3 is 0 Å². The molecule has 1 aromatic carbocycles. The number of benzene rings is 1. The summed E-state index contributed by atoms with van der Waals surface area (Å²) in [6.07, 6.45) is 0. The van der Waals surface area contributed by atoms with E-state index in [4.69, 9.17) is 5.26 Å². The Kier molecular flexibility index (Phi) is 2.03. The molecule has 0 radical (unpaired) electrons. The third-order valence-corrected chi connectivity index (χ3v) is 3.93. The van der Waals surface area contributed by atoms with Crippen LogP contribution in [0.15, 0.2) is 23.6 Å². The van der Waals surface area contributed by atoms with E-state index in [9.17, 15) is 0 Å². The maximum atomic E-state index is 8.68. The third kappa shape index (κ3) is 1.21. The highest BCUT2D eigenvalue weighted by atomic mass is 127. The van der Waals surface area contributed by atoms with E-state index in [0.29, 0.717) is 0 Å². The normalized spacial score (nSPS) is 10.0. The van der Waals surface area contributed by atoms with E-state index in [0.717, 1.165) is 5.56 Å². The fourth-order valence-corrected chi connectivity index (χ4v) is 2.88. The molecule has 1 heterocycles. The molecule has 3 heteroatoms. The first-order valence-electron chi connectivity index (χ1n) is 3.38. The van der Waals surface area contributed by atoms with Crippen LogP contribution in [0.1, 0.15) is 5.56 Å². The van der Waals surface area contributed by atoms with Crippen LogP contribution in [0.2, 0.25) is 0 Å². The molecule has 0 amide bonds. The van der Waals surface area contributed by atoms with Crippen LogP contribution in [0.4, 0.5) is 0 Å². The third-order valence-electron chi connectivity index (χ3n) is 1.66. The highest BCUT2D eigenvalue weighted by Gasteiger charge is 2.01. The van der Waals surface area contributed by atoms with Crippen LogP contribution in [0.3, 0.4) is 0 Å². The molecule has 0 fully saturated rings. The largest absolute Gasteiger partial charge is 0.192 e. The molecule has 58 valence electrons. The molecule has 0 spiro atoms. The van der Waals surface area contributed by atoms with Gasteiger partial charge in [-0.1, -0.05) is 0 Å². The summed E-state index contributed by atoms with van der Waals surface area (Å²) in [6.45, 7) is 0. The van der Waals surface area contributed by atoms with E-state index in [-0.39, 0.29) is 0 Å². The Labute approximate surface area is 87.8 Å². The van der Waals surface area contributed by atoms with Crippen LogP contribution in [0, 0.1) is 14.9 Å². The average molecular weight is 285 g/mol. The number of hydrogen-bond donors (Lipinski definition) is 0. The molecule has 2 aromatic rings. The van der Waals surface area contributed by atoms with Gasteiger partial charge in [-0.05, 0) is 40.8 Å². The standard InChI is InChI=1S/C9H4INS/c10-8-5-12-9-2-1-6(4-11)3-7(8)9/h1-3,5H. The zero-order chi connectivity index (χ0) is 8.55. The second kappa shape index (κ2) is 3.04. The maximum Gasteiger partial charge on any atom is 0.0991 e. The lowest BCUT2D eigenvalue weighted by Crippen LogP contribution is -1.72. The van der Waals surface area contributed by atoms with E-state index in [1.54, 1.807) is 11.3 Å². The minimum Gasteiger partial charge on any atom is -0.192 e. The molecule has 12 heavy (non-hydrogen) atoms. The lowest BCUT2D eigenvalue weighted by atomic mass is 10.2. The molecular weight excluding hydrogens is 281 g/mol. The van der Waals surface area contributed by atoms with Crippen LogP contribution in [-0.2, 0) is 0 Å². The van der Waals surface area contributed by atoms with E-state index in [2.05, 4.69) is 34.0 Å². The maximum absolute atomic E-state index is 8.68. The number of thiophene rings is 1. The molecule has 0 unspecified atom stereocenters. The molecule has 0 bridgehead atoms. The molecule has 0 atom stereocenters. The van der Waals surface area contributed by atoms with Gasteiger partial charge in [0.15, 0.2) is 0 Å². The second-order valence-corrected chi connectivity index (χ2v) is 4.48. The smallest absolute Gasteiger partial charge is 0.0991 e. The van der Waals surface area contributed by atoms with Gasteiger partial charge in [-0.25, -0.2) is 0 Å². The number of nitriles is 1. The number of rotatable bonds is 0. The van der Waals surface area contributed by atoms with E-state index in [1.807, 2.05) is 18.2 Å². The fourth-order valence-electron chi connectivity index (χ4n) is 1.07. The van der Waals surface area contributed by atoms with Crippen molar-refractivity contribution in [1.29, 1.82) is 5.26 Å². The summed E-state index contributed by atoms with van der Waals surface area (Å²) in [7, 11) is 0. The Morgan fingerprint density at radius 1 is 1.42 bits per heavy atom. The fraction of sp³-hybridized carbons (Fsp3) is 0. The summed E-state index contributed by atoms with van der Waals surface area (Å²) >= 11 is 4.00. The van der Waals surface area contributed by atoms with Crippen LogP contribution in [-0.4, -0.2) is 0 Å². The Morgan fingerprint density at radius 3 is 3.00 bits per heavy atom. The second-order valence-electron chi connectivity index (χ2n) is 2.41. The lowest BCUT2D eigenvalue weighted by molar-refractivity contribution is 1.50. The first-order chi connectivity index (χ1) is 5.81. The van der Waals surface area contributed by atoms with Crippen LogP contribution in [0.5, 0.6) is 0 Å². The molecule has 0 saturated heterocycles. The molecule has 0 aliphatic rings. The Balaban J connectivity index is 2.82. The van der Waals surface area contributed by atoms with Crippen molar-refractivity contribution >= 4 is 44.0 Å². The number of nitrogens with zero attached hydrogens (tertiary/aromatic N) is 1. The van der Waals surface area contributed by atoms with Crippen molar-refractivity contribution < 1.29 is 0 Å². The van der Waals surface area contributed by atoms with Crippen LogP contribution >= 0.6 is 33.9 Å². The molecule has 0 aliphatic carbocycles. The van der Waals surface area contributed by atoms with Crippen molar-refractivity contribution in [2.24, 2.45) is 0 Å². The topological polar surface area (TPSA) is 23.8 Å². The Bertz CT molecular complexity index is 467. The van der Waals surface area contributed by atoms with Gasteiger partial charge in [0.05, 0.1) is 11.6 Å². The van der Waals surface area contributed by atoms with Gasteiger partial charge in [-0.15, -0.1) is 11.3 Å². The van der Waals surface area contributed by atoms with Crippen LogP contribution < -0.4 is 0 Å². The molecule has 0 saturated carbocycles. The number of fused-ring (bicyclic) bond motifs is 1.